The zero-order valence-corrected chi connectivity index (χ0v) is 11.1. The van der Waals surface area contributed by atoms with Gasteiger partial charge in [0.05, 0.1) is 6.20 Å². The monoisotopic (exact) mass is 307 g/mol. The summed E-state index contributed by atoms with van der Waals surface area (Å²) in [4.78, 5) is 7.53. The van der Waals surface area contributed by atoms with E-state index in [4.69, 9.17) is 0 Å². The second-order valence-electron chi connectivity index (χ2n) is 3.93. The lowest BCUT2D eigenvalue weighted by molar-refractivity contribution is -0.141. The van der Waals surface area contributed by atoms with Gasteiger partial charge < -0.3 is 0 Å². The Balaban J connectivity index is 2.54. The van der Waals surface area contributed by atoms with E-state index in [0.29, 0.717) is 6.20 Å². The van der Waals surface area contributed by atoms with Crippen LogP contribution in [0.25, 0.3) is 5.82 Å². The van der Waals surface area contributed by atoms with E-state index >= 15 is 0 Å². The Kier molecular flexibility index (Phi) is 3.24. The van der Waals surface area contributed by atoms with Crippen LogP contribution < -0.4 is 0 Å². The molecule has 0 aliphatic heterocycles. The van der Waals surface area contributed by atoms with Gasteiger partial charge in [0.2, 0.25) is 0 Å². The van der Waals surface area contributed by atoms with Crippen LogP contribution in [0.1, 0.15) is 11.5 Å². The van der Waals surface area contributed by atoms with Crippen molar-refractivity contribution in [2.45, 2.75) is 18.1 Å². The molecule has 2 heterocycles. The topological polar surface area (TPSA) is 90.6 Å². The number of aromatic nitrogens is 5. The molecule has 108 valence electrons. The summed E-state index contributed by atoms with van der Waals surface area (Å²) in [6, 6.07) is 1.02. The molecule has 20 heavy (non-hydrogen) atoms. The predicted molar refractivity (Wildman–Crippen MR) is 59.8 cm³/mol. The summed E-state index contributed by atoms with van der Waals surface area (Å²) in [6.07, 6.45) is -3.09. The second kappa shape index (κ2) is 4.51. The zero-order chi connectivity index (χ0) is 15.1. The molecule has 11 heteroatoms. The average Bonchev–Trinajstić information content (AvgIpc) is 2.75. The highest BCUT2D eigenvalue weighted by molar-refractivity contribution is 7.90. The third-order valence-corrected chi connectivity index (χ3v) is 3.17. The summed E-state index contributed by atoms with van der Waals surface area (Å²) < 4.78 is 60.8. The van der Waals surface area contributed by atoms with E-state index in [1.54, 1.807) is 0 Å². The predicted octanol–water partition coefficient (Wildman–Crippen LogP) is 0.788. The van der Waals surface area contributed by atoms with Crippen LogP contribution in [0, 0.1) is 6.92 Å². The molecule has 0 spiro atoms. The number of halogens is 3. The van der Waals surface area contributed by atoms with Crippen LogP contribution in [0.2, 0.25) is 0 Å². The highest BCUT2D eigenvalue weighted by Crippen LogP contribution is 2.27. The molecule has 2 rings (SSSR count). The maximum absolute atomic E-state index is 12.4. The summed E-state index contributed by atoms with van der Waals surface area (Å²) in [7, 11) is -3.61. The molecule has 7 nitrogen and oxygen atoms in total. The van der Waals surface area contributed by atoms with Crippen molar-refractivity contribution in [2.24, 2.45) is 0 Å². The van der Waals surface area contributed by atoms with Crippen LogP contribution in [-0.2, 0) is 16.0 Å². The molecule has 0 aromatic carbocycles. The second-order valence-corrected chi connectivity index (χ2v) is 5.89. The first kappa shape index (κ1) is 14.4. The molecule has 0 saturated heterocycles. The first-order chi connectivity index (χ1) is 9.07. The van der Waals surface area contributed by atoms with Crippen molar-refractivity contribution in [3.63, 3.8) is 0 Å². The number of rotatable bonds is 2. The molecular weight excluding hydrogens is 299 g/mol. The van der Waals surface area contributed by atoms with Gasteiger partial charge in [-0.3, -0.25) is 0 Å². The summed E-state index contributed by atoms with van der Waals surface area (Å²) in [5, 5.41) is 5.94. The summed E-state index contributed by atoms with van der Waals surface area (Å²) in [5.41, 5.74) is -1.20. The largest absolute Gasteiger partial charge is 0.436 e. The number of nitrogens with zero attached hydrogens (tertiary/aromatic N) is 5. The lowest BCUT2D eigenvalue weighted by Gasteiger charge is -2.04. The number of hydrogen-bond donors (Lipinski definition) is 0. The van der Waals surface area contributed by atoms with Crippen molar-refractivity contribution in [1.29, 1.82) is 0 Å². The van der Waals surface area contributed by atoms with E-state index < -0.39 is 21.7 Å². The molecular formula is C9H8F3N5O2S. The summed E-state index contributed by atoms with van der Waals surface area (Å²) >= 11 is 0. The molecule has 0 N–H and O–H groups in total. The van der Waals surface area contributed by atoms with E-state index in [1.807, 2.05) is 0 Å². The number of aryl methyl sites for hydroxylation is 1. The van der Waals surface area contributed by atoms with E-state index in [2.05, 4.69) is 20.3 Å². The molecule has 0 saturated carbocycles. The van der Waals surface area contributed by atoms with Crippen LogP contribution in [0.15, 0.2) is 17.3 Å². The molecule has 2 aromatic heterocycles. The fourth-order valence-corrected chi connectivity index (χ4v) is 1.96. The molecule has 2 aromatic rings. The van der Waals surface area contributed by atoms with Gasteiger partial charge in [-0.2, -0.15) is 13.2 Å². The standard InChI is InChI=1S/C9H8F3N5O2S/c1-5-13-7(3-8(14-5)20(2,18)19)17-4-6(15-16-17)9(10,11)12/h3-4H,1-2H3. The molecule has 0 amide bonds. The first-order valence-corrected chi connectivity index (χ1v) is 7.02. The van der Waals surface area contributed by atoms with Gasteiger partial charge >= 0.3 is 6.18 Å². The Hall–Kier alpha value is -2.04. The minimum Gasteiger partial charge on any atom is -0.222 e. The Morgan fingerprint density at radius 3 is 2.40 bits per heavy atom. The normalized spacial score (nSPS) is 12.7. The fourth-order valence-electron chi connectivity index (χ4n) is 1.34. The lowest BCUT2D eigenvalue weighted by Crippen LogP contribution is -2.08. The van der Waals surface area contributed by atoms with E-state index in [0.717, 1.165) is 17.0 Å². The minimum absolute atomic E-state index is 0.0898. The highest BCUT2D eigenvalue weighted by Gasteiger charge is 2.34. The van der Waals surface area contributed by atoms with Crippen LogP contribution in [0.3, 0.4) is 0 Å². The van der Waals surface area contributed by atoms with E-state index in [-0.39, 0.29) is 16.7 Å². The average molecular weight is 307 g/mol. The van der Waals surface area contributed by atoms with E-state index in [9.17, 15) is 21.6 Å². The van der Waals surface area contributed by atoms with Crippen molar-refractivity contribution in [3.8, 4) is 5.82 Å². The third-order valence-electron chi connectivity index (χ3n) is 2.20. The van der Waals surface area contributed by atoms with Gasteiger partial charge in [-0.05, 0) is 6.92 Å². The van der Waals surface area contributed by atoms with Gasteiger partial charge in [0.15, 0.2) is 26.4 Å². The maximum Gasteiger partial charge on any atom is 0.436 e. The van der Waals surface area contributed by atoms with Crippen molar-refractivity contribution >= 4 is 9.84 Å². The quantitative estimate of drug-likeness (QED) is 0.762. The number of hydrogen-bond acceptors (Lipinski definition) is 6. The molecule has 0 aliphatic carbocycles. The van der Waals surface area contributed by atoms with Crippen molar-refractivity contribution in [2.75, 3.05) is 6.26 Å². The molecule has 0 aliphatic rings. The van der Waals surface area contributed by atoms with Crippen LogP contribution in [0.5, 0.6) is 0 Å². The molecule has 0 unspecified atom stereocenters. The molecule has 0 radical (unpaired) electrons. The van der Waals surface area contributed by atoms with Gasteiger partial charge in [-0.15, -0.1) is 5.10 Å². The highest BCUT2D eigenvalue weighted by atomic mass is 32.2. The molecule has 0 fully saturated rings. The summed E-state index contributed by atoms with van der Waals surface area (Å²) in [6.45, 7) is 1.42. The Bertz CT molecular complexity index is 753. The smallest absolute Gasteiger partial charge is 0.222 e. The first-order valence-electron chi connectivity index (χ1n) is 5.13. The van der Waals surface area contributed by atoms with Gasteiger partial charge in [0.25, 0.3) is 0 Å². The minimum atomic E-state index is -4.64. The fraction of sp³-hybridized carbons (Fsp3) is 0.333. The van der Waals surface area contributed by atoms with Crippen molar-refractivity contribution < 1.29 is 21.6 Å². The van der Waals surface area contributed by atoms with E-state index in [1.165, 1.54) is 6.92 Å². The SMILES string of the molecule is Cc1nc(-n2cc(C(F)(F)F)nn2)cc(S(C)(=O)=O)n1. The van der Waals surface area contributed by atoms with Crippen molar-refractivity contribution in [3.05, 3.63) is 23.8 Å². The number of alkyl halides is 3. The molecule has 0 bridgehead atoms. The summed E-state index contributed by atoms with van der Waals surface area (Å²) in [5.74, 6) is -0.0205. The van der Waals surface area contributed by atoms with Gasteiger partial charge in [-0.1, -0.05) is 5.21 Å². The number of sulfone groups is 1. The maximum atomic E-state index is 12.4. The van der Waals surface area contributed by atoms with Gasteiger partial charge in [0.1, 0.15) is 5.82 Å². The van der Waals surface area contributed by atoms with Crippen molar-refractivity contribution in [1.82, 2.24) is 25.0 Å². The third kappa shape index (κ3) is 2.92. The Morgan fingerprint density at radius 1 is 1.25 bits per heavy atom. The zero-order valence-electron chi connectivity index (χ0n) is 10.2. The Morgan fingerprint density at radius 2 is 1.90 bits per heavy atom. The van der Waals surface area contributed by atoms with Crippen LogP contribution in [-0.4, -0.2) is 39.6 Å². The Labute approximate surface area is 111 Å². The van der Waals surface area contributed by atoms with Crippen LogP contribution >= 0.6 is 0 Å². The van der Waals surface area contributed by atoms with Gasteiger partial charge in [0, 0.05) is 12.3 Å². The van der Waals surface area contributed by atoms with Gasteiger partial charge in [-0.25, -0.2) is 23.1 Å². The molecule has 0 atom stereocenters. The lowest BCUT2D eigenvalue weighted by atomic mass is 10.4. The van der Waals surface area contributed by atoms with Crippen LogP contribution in [0.4, 0.5) is 13.2 Å².